The van der Waals surface area contributed by atoms with Gasteiger partial charge in [0.1, 0.15) is 5.69 Å². The van der Waals surface area contributed by atoms with Crippen molar-refractivity contribution in [2.45, 2.75) is 26.9 Å². The summed E-state index contributed by atoms with van der Waals surface area (Å²) in [6.07, 6.45) is 0. The first-order chi connectivity index (χ1) is 9.06. The van der Waals surface area contributed by atoms with Gasteiger partial charge in [0.05, 0.1) is 5.69 Å². The first kappa shape index (κ1) is 13.5. The predicted octanol–water partition coefficient (Wildman–Crippen LogP) is 2.47. The maximum atomic E-state index is 11.3. The Morgan fingerprint density at radius 1 is 1.32 bits per heavy atom. The van der Waals surface area contributed by atoms with Gasteiger partial charge in [-0.2, -0.15) is 5.10 Å². The molecule has 0 amide bonds. The zero-order valence-electron chi connectivity index (χ0n) is 11.6. The molecule has 0 spiro atoms. The number of rotatable bonds is 5. The van der Waals surface area contributed by atoms with E-state index in [9.17, 15) is 4.79 Å². The summed E-state index contributed by atoms with van der Waals surface area (Å²) in [7, 11) is 1.79. The normalized spacial score (nSPS) is 10.7. The fourth-order valence-electron chi connectivity index (χ4n) is 1.98. The number of benzene rings is 1. The van der Waals surface area contributed by atoms with Crippen LogP contribution in [0.3, 0.4) is 0 Å². The molecule has 0 saturated carbocycles. The number of aromatic nitrogens is 2. The zero-order chi connectivity index (χ0) is 13.8. The molecule has 1 heterocycles. The van der Waals surface area contributed by atoms with Gasteiger partial charge in [0.25, 0.3) is 0 Å². The maximum absolute atomic E-state index is 11.3. The molecule has 0 atom stereocenters. The number of aryl methyl sites for hydroxylation is 2. The van der Waals surface area contributed by atoms with Crippen molar-refractivity contribution in [3.63, 3.8) is 0 Å². The summed E-state index contributed by atoms with van der Waals surface area (Å²) >= 11 is 0. The number of Topliss-reactive ketones (excluding diaryl/α,β-unsaturated/α-hetero) is 1. The van der Waals surface area contributed by atoms with Crippen molar-refractivity contribution in [2.24, 2.45) is 7.05 Å². The summed E-state index contributed by atoms with van der Waals surface area (Å²) in [5.74, 6) is 0.0415. The van der Waals surface area contributed by atoms with Crippen LogP contribution in [0.15, 0.2) is 30.3 Å². The van der Waals surface area contributed by atoms with Crippen molar-refractivity contribution in [1.82, 2.24) is 15.1 Å². The van der Waals surface area contributed by atoms with Crippen molar-refractivity contribution in [2.75, 3.05) is 0 Å². The van der Waals surface area contributed by atoms with Crippen LogP contribution in [0.2, 0.25) is 0 Å². The van der Waals surface area contributed by atoms with E-state index in [-0.39, 0.29) is 7.21 Å². The highest BCUT2D eigenvalue weighted by molar-refractivity contribution is 5.92. The molecule has 0 bridgehead atoms. The first-order valence-corrected chi connectivity index (χ1v) is 6.36. The van der Waals surface area contributed by atoms with E-state index < -0.39 is 0 Å². The van der Waals surface area contributed by atoms with Crippen LogP contribution in [0.5, 0.6) is 0 Å². The summed E-state index contributed by atoms with van der Waals surface area (Å²) < 4.78 is 1.63. The Labute approximate surface area is 114 Å². The Balaban J connectivity index is 0.00000200. The quantitative estimate of drug-likeness (QED) is 0.839. The number of ketones is 1. The summed E-state index contributed by atoms with van der Waals surface area (Å²) in [5.41, 5.74) is 4.04. The van der Waals surface area contributed by atoms with Crippen LogP contribution in [0.25, 0.3) is 0 Å². The second-order valence-corrected chi connectivity index (χ2v) is 4.79. The topological polar surface area (TPSA) is 46.9 Å². The van der Waals surface area contributed by atoms with E-state index in [0.717, 1.165) is 12.2 Å². The molecule has 2 aromatic rings. The van der Waals surface area contributed by atoms with E-state index >= 15 is 0 Å². The van der Waals surface area contributed by atoms with Crippen LogP contribution in [0.1, 0.15) is 35.7 Å². The van der Waals surface area contributed by atoms with E-state index in [4.69, 9.17) is 0 Å². The Bertz CT molecular complexity index is 575. The second-order valence-electron chi connectivity index (χ2n) is 4.79. The standard InChI is InChI=1S/C15H19N3O.H2/c1-11-4-6-13(7-5-11)9-16-10-14-8-15(12(2)19)18(3)17-14;/h4-8,16H,9-10H2,1-3H3;1H. The van der Waals surface area contributed by atoms with Crippen LogP contribution < -0.4 is 5.32 Å². The van der Waals surface area contributed by atoms with Gasteiger partial charge >= 0.3 is 0 Å². The molecule has 1 N–H and O–H groups in total. The monoisotopic (exact) mass is 259 g/mol. The van der Waals surface area contributed by atoms with Crippen molar-refractivity contribution in [1.29, 1.82) is 0 Å². The lowest BCUT2D eigenvalue weighted by molar-refractivity contribution is 0.100. The fourth-order valence-corrected chi connectivity index (χ4v) is 1.98. The molecule has 0 radical (unpaired) electrons. The summed E-state index contributed by atoms with van der Waals surface area (Å²) in [4.78, 5) is 11.3. The third-order valence-electron chi connectivity index (χ3n) is 3.05. The van der Waals surface area contributed by atoms with E-state index in [2.05, 4.69) is 41.6 Å². The molecule has 1 aromatic heterocycles. The molecule has 2 rings (SSSR count). The minimum Gasteiger partial charge on any atom is -0.307 e. The number of hydrogen-bond acceptors (Lipinski definition) is 3. The van der Waals surface area contributed by atoms with Gasteiger partial charge in [-0.1, -0.05) is 29.8 Å². The van der Waals surface area contributed by atoms with Crippen LogP contribution in [0.4, 0.5) is 0 Å². The largest absolute Gasteiger partial charge is 0.307 e. The third-order valence-corrected chi connectivity index (χ3v) is 3.05. The average Bonchev–Trinajstić information content (AvgIpc) is 2.73. The molecule has 4 heteroatoms. The molecule has 0 aliphatic carbocycles. The maximum Gasteiger partial charge on any atom is 0.177 e. The minimum atomic E-state index is 0. The van der Waals surface area contributed by atoms with Gasteiger partial charge < -0.3 is 5.32 Å². The highest BCUT2D eigenvalue weighted by Gasteiger charge is 2.08. The molecule has 4 nitrogen and oxygen atoms in total. The first-order valence-electron chi connectivity index (χ1n) is 6.36. The lowest BCUT2D eigenvalue weighted by atomic mass is 10.1. The molecule has 0 aliphatic heterocycles. The number of carbonyl (C=O) groups excluding carboxylic acids is 1. The van der Waals surface area contributed by atoms with Crippen LogP contribution in [-0.4, -0.2) is 15.6 Å². The van der Waals surface area contributed by atoms with Crippen molar-refractivity contribution in [3.05, 3.63) is 52.8 Å². The van der Waals surface area contributed by atoms with Crippen LogP contribution >= 0.6 is 0 Å². The van der Waals surface area contributed by atoms with Crippen molar-refractivity contribution in [3.8, 4) is 0 Å². The van der Waals surface area contributed by atoms with Gasteiger partial charge in [0, 0.05) is 28.5 Å². The molecular weight excluding hydrogens is 238 g/mol. The Kier molecular flexibility index (Phi) is 4.12. The molecule has 0 saturated heterocycles. The Morgan fingerprint density at radius 3 is 2.58 bits per heavy atom. The van der Waals surface area contributed by atoms with E-state index in [1.54, 1.807) is 18.7 Å². The molecule has 0 fully saturated rings. The van der Waals surface area contributed by atoms with Crippen LogP contribution in [-0.2, 0) is 20.1 Å². The third kappa shape index (κ3) is 3.51. The molecule has 102 valence electrons. The molecule has 1 aromatic carbocycles. The lowest BCUT2D eigenvalue weighted by Crippen LogP contribution is -2.13. The van der Waals surface area contributed by atoms with E-state index in [1.165, 1.54) is 11.1 Å². The van der Waals surface area contributed by atoms with Crippen LogP contribution in [0, 0.1) is 6.92 Å². The lowest BCUT2D eigenvalue weighted by Gasteiger charge is -2.03. The summed E-state index contributed by atoms with van der Waals surface area (Å²) in [6, 6.07) is 10.3. The number of nitrogens with zero attached hydrogens (tertiary/aromatic N) is 2. The Hall–Kier alpha value is -1.94. The van der Waals surface area contributed by atoms with Gasteiger partial charge in [0.2, 0.25) is 0 Å². The van der Waals surface area contributed by atoms with Gasteiger partial charge in [-0.05, 0) is 18.6 Å². The molecule has 0 aliphatic rings. The predicted molar refractivity (Wildman–Crippen MR) is 77.0 cm³/mol. The molecule has 19 heavy (non-hydrogen) atoms. The second kappa shape index (κ2) is 5.80. The summed E-state index contributed by atoms with van der Waals surface area (Å²) in [5, 5.41) is 7.64. The molecule has 0 unspecified atom stereocenters. The minimum absolute atomic E-state index is 0. The highest BCUT2D eigenvalue weighted by Crippen LogP contribution is 2.05. The zero-order valence-corrected chi connectivity index (χ0v) is 11.6. The van der Waals surface area contributed by atoms with Gasteiger partial charge in [-0.25, -0.2) is 0 Å². The van der Waals surface area contributed by atoms with E-state index in [0.29, 0.717) is 12.2 Å². The van der Waals surface area contributed by atoms with Crippen molar-refractivity contribution < 1.29 is 6.22 Å². The number of hydrogen-bond donors (Lipinski definition) is 1. The van der Waals surface area contributed by atoms with Gasteiger partial charge in [-0.3, -0.25) is 9.48 Å². The van der Waals surface area contributed by atoms with Gasteiger partial charge in [0.15, 0.2) is 5.78 Å². The van der Waals surface area contributed by atoms with E-state index in [1.807, 2.05) is 6.07 Å². The fraction of sp³-hybridized carbons (Fsp3) is 0.333. The average molecular weight is 259 g/mol. The number of carbonyl (C=O) groups is 1. The van der Waals surface area contributed by atoms with Crippen molar-refractivity contribution >= 4 is 5.78 Å². The molecular formula is C15H21N3O. The smallest absolute Gasteiger partial charge is 0.177 e. The highest BCUT2D eigenvalue weighted by atomic mass is 16.1. The SMILES string of the molecule is CC(=O)c1cc(CNCc2ccc(C)cc2)nn1C.[HH]. The van der Waals surface area contributed by atoms with Gasteiger partial charge in [-0.15, -0.1) is 0 Å². The Morgan fingerprint density at radius 2 is 2.00 bits per heavy atom. The summed E-state index contributed by atoms with van der Waals surface area (Å²) in [6.45, 7) is 5.09. The number of nitrogens with one attached hydrogen (secondary N) is 1.